The molecule has 8 heteroatoms. The molecule has 3 aromatic rings. The van der Waals surface area contributed by atoms with Crippen LogP contribution < -0.4 is 14.2 Å². The first-order valence-electron chi connectivity index (χ1n) is 13.5. The third-order valence-electron chi connectivity index (χ3n) is 7.68. The molecular formula is C31H32FNO6. The van der Waals surface area contributed by atoms with Crippen LogP contribution >= 0.6 is 0 Å². The molecule has 3 aliphatic rings. The summed E-state index contributed by atoms with van der Waals surface area (Å²) >= 11 is 0. The lowest BCUT2D eigenvalue weighted by molar-refractivity contribution is -0.141. The molecule has 2 heterocycles. The maximum absolute atomic E-state index is 15.0. The van der Waals surface area contributed by atoms with E-state index in [4.69, 9.17) is 23.7 Å². The van der Waals surface area contributed by atoms with Crippen molar-refractivity contribution in [2.75, 3.05) is 40.0 Å². The van der Waals surface area contributed by atoms with Crippen LogP contribution in [0.2, 0.25) is 0 Å². The van der Waals surface area contributed by atoms with E-state index < -0.39 is 6.10 Å². The van der Waals surface area contributed by atoms with Gasteiger partial charge in [0.05, 0.1) is 33.4 Å². The fourth-order valence-corrected chi connectivity index (χ4v) is 5.61. The minimum atomic E-state index is -0.426. The summed E-state index contributed by atoms with van der Waals surface area (Å²) < 4.78 is 43.5. The Morgan fingerprint density at radius 2 is 1.85 bits per heavy atom. The molecule has 0 spiro atoms. The molecule has 2 aliphatic heterocycles. The summed E-state index contributed by atoms with van der Waals surface area (Å²) in [6.45, 7) is 4.74. The number of ether oxygens (including phenoxy) is 5. The normalized spacial score (nSPS) is 20.2. The summed E-state index contributed by atoms with van der Waals surface area (Å²) in [5.74, 6) is 2.06. The second-order valence-electron chi connectivity index (χ2n) is 10.2. The number of carbonyl (C=O) groups is 1. The SMILES string of the molecule is COC(=O)C[C@@H]1COc2cc(O[C@@H]3CCc4c(Oc5ccc(CN6CCOCC6)cc5)ccc(F)c43)ccc21. The zero-order valence-electron chi connectivity index (χ0n) is 22.0. The van der Waals surface area contributed by atoms with Crippen LogP contribution in [-0.2, 0) is 27.2 Å². The van der Waals surface area contributed by atoms with Gasteiger partial charge in [0.1, 0.15) is 34.9 Å². The van der Waals surface area contributed by atoms with Crippen LogP contribution in [0.4, 0.5) is 4.39 Å². The highest BCUT2D eigenvalue weighted by Gasteiger charge is 2.32. The molecule has 0 unspecified atom stereocenters. The van der Waals surface area contributed by atoms with Gasteiger partial charge in [0.2, 0.25) is 0 Å². The molecular weight excluding hydrogens is 501 g/mol. The molecule has 204 valence electrons. The van der Waals surface area contributed by atoms with Crippen molar-refractivity contribution >= 4 is 5.97 Å². The van der Waals surface area contributed by atoms with E-state index in [1.165, 1.54) is 18.7 Å². The lowest BCUT2D eigenvalue weighted by atomic mass is 9.98. The standard InChI is InChI=1S/C31H32FNO6/c1-35-30(34)16-21-19-37-29-17-23(6-7-24(21)29)39-28-10-8-25-27(11-9-26(32)31(25)28)38-22-4-2-20(3-5-22)18-33-12-14-36-15-13-33/h2-7,9,11,17,21,28H,8,10,12-16,18-19H2,1H3/t21-,28-/m1/s1. The van der Waals surface area contributed by atoms with Crippen LogP contribution in [0.3, 0.4) is 0 Å². The maximum atomic E-state index is 15.0. The van der Waals surface area contributed by atoms with Gasteiger partial charge >= 0.3 is 5.97 Å². The first-order chi connectivity index (χ1) is 19.1. The maximum Gasteiger partial charge on any atom is 0.306 e. The number of carbonyl (C=O) groups excluding carboxylic acids is 1. The van der Waals surface area contributed by atoms with E-state index in [1.54, 1.807) is 6.07 Å². The Morgan fingerprint density at radius 1 is 1.05 bits per heavy atom. The average molecular weight is 534 g/mol. The number of morpholine rings is 1. The summed E-state index contributed by atoms with van der Waals surface area (Å²) in [7, 11) is 1.38. The fourth-order valence-electron chi connectivity index (χ4n) is 5.61. The predicted molar refractivity (Wildman–Crippen MR) is 142 cm³/mol. The highest BCUT2D eigenvalue weighted by molar-refractivity contribution is 5.71. The number of methoxy groups -OCH3 is 1. The molecule has 2 atom stereocenters. The molecule has 0 radical (unpaired) electrons. The summed E-state index contributed by atoms with van der Waals surface area (Å²) in [5, 5.41) is 0. The Bertz CT molecular complexity index is 1340. The number of rotatable bonds is 8. The zero-order valence-corrected chi connectivity index (χ0v) is 22.0. The Hall–Kier alpha value is -3.62. The molecule has 1 saturated heterocycles. The lowest BCUT2D eigenvalue weighted by Gasteiger charge is -2.26. The number of nitrogens with zero attached hydrogens (tertiary/aromatic N) is 1. The van der Waals surface area contributed by atoms with E-state index in [2.05, 4.69) is 17.0 Å². The van der Waals surface area contributed by atoms with Gasteiger partial charge in [-0.05, 0) is 48.7 Å². The molecule has 1 fully saturated rings. The zero-order chi connectivity index (χ0) is 26.8. The monoisotopic (exact) mass is 533 g/mol. The van der Waals surface area contributed by atoms with Crippen molar-refractivity contribution in [1.82, 2.24) is 4.90 Å². The van der Waals surface area contributed by atoms with Crippen molar-refractivity contribution in [2.24, 2.45) is 0 Å². The molecule has 0 bridgehead atoms. The van der Waals surface area contributed by atoms with Crippen molar-refractivity contribution in [1.29, 1.82) is 0 Å². The number of halogens is 1. The van der Waals surface area contributed by atoms with E-state index >= 15 is 4.39 Å². The van der Waals surface area contributed by atoms with Crippen molar-refractivity contribution in [3.63, 3.8) is 0 Å². The first kappa shape index (κ1) is 25.6. The summed E-state index contributed by atoms with van der Waals surface area (Å²) in [6, 6.07) is 16.8. The van der Waals surface area contributed by atoms with Gasteiger partial charge in [-0.25, -0.2) is 4.39 Å². The Labute approximate surface area is 227 Å². The van der Waals surface area contributed by atoms with Crippen LogP contribution in [0.1, 0.15) is 47.1 Å². The van der Waals surface area contributed by atoms with Gasteiger partial charge in [0.15, 0.2) is 0 Å². The molecule has 3 aromatic carbocycles. The first-order valence-corrected chi connectivity index (χ1v) is 13.5. The van der Waals surface area contributed by atoms with Gasteiger partial charge in [0.25, 0.3) is 0 Å². The van der Waals surface area contributed by atoms with E-state index in [0.29, 0.717) is 42.3 Å². The Kier molecular flexibility index (Phi) is 7.39. The van der Waals surface area contributed by atoms with Crippen molar-refractivity contribution in [3.8, 4) is 23.0 Å². The third kappa shape index (κ3) is 5.58. The molecule has 39 heavy (non-hydrogen) atoms. The van der Waals surface area contributed by atoms with E-state index in [9.17, 15) is 4.79 Å². The van der Waals surface area contributed by atoms with E-state index in [0.717, 1.165) is 49.7 Å². The number of fused-ring (bicyclic) bond motifs is 2. The largest absolute Gasteiger partial charge is 0.492 e. The van der Waals surface area contributed by atoms with Gasteiger partial charge in [-0.15, -0.1) is 0 Å². The van der Waals surface area contributed by atoms with Crippen molar-refractivity contribution in [2.45, 2.75) is 37.8 Å². The second kappa shape index (κ2) is 11.2. The quantitative estimate of drug-likeness (QED) is 0.352. The van der Waals surface area contributed by atoms with Gasteiger partial charge in [-0.1, -0.05) is 18.2 Å². The predicted octanol–water partition coefficient (Wildman–Crippen LogP) is 5.56. The highest BCUT2D eigenvalue weighted by atomic mass is 19.1. The van der Waals surface area contributed by atoms with E-state index in [1.807, 2.05) is 30.3 Å². The summed E-state index contributed by atoms with van der Waals surface area (Å²) in [6.07, 6.45) is 1.15. The van der Waals surface area contributed by atoms with Gasteiger partial charge in [-0.3, -0.25) is 9.69 Å². The van der Waals surface area contributed by atoms with Gasteiger partial charge in [0, 0.05) is 48.3 Å². The molecule has 7 nitrogen and oxygen atoms in total. The minimum absolute atomic E-state index is 0.0423. The van der Waals surface area contributed by atoms with Crippen LogP contribution in [-0.4, -0.2) is 50.9 Å². The van der Waals surface area contributed by atoms with Crippen molar-refractivity contribution in [3.05, 3.63) is 82.7 Å². The minimum Gasteiger partial charge on any atom is -0.492 e. The van der Waals surface area contributed by atoms with Crippen molar-refractivity contribution < 1.29 is 32.9 Å². The molecule has 0 aromatic heterocycles. The number of benzene rings is 3. The number of hydrogen-bond acceptors (Lipinski definition) is 7. The third-order valence-corrected chi connectivity index (χ3v) is 7.68. The molecule has 0 amide bonds. The van der Waals surface area contributed by atoms with Gasteiger partial charge < -0.3 is 23.7 Å². The molecule has 0 N–H and O–H groups in total. The smallest absolute Gasteiger partial charge is 0.306 e. The van der Waals surface area contributed by atoms with E-state index in [-0.39, 0.29) is 24.1 Å². The summed E-state index contributed by atoms with van der Waals surface area (Å²) in [4.78, 5) is 14.1. The van der Waals surface area contributed by atoms with Crippen LogP contribution in [0, 0.1) is 5.82 Å². The average Bonchev–Trinajstić information content (AvgIpc) is 3.56. The fraction of sp³-hybridized carbons (Fsp3) is 0.387. The topological polar surface area (TPSA) is 66.5 Å². The summed E-state index contributed by atoms with van der Waals surface area (Å²) in [5.41, 5.74) is 3.56. The van der Waals surface area contributed by atoms with Gasteiger partial charge in [-0.2, -0.15) is 0 Å². The molecule has 1 aliphatic carbocycles. The van der Waals surface area contributed by atoms with Crippen LogP contribution in [0.15, 0.2) is 54.6 Å². The Balaban J connectivity index is 1.14. The van der Waals surface area contributed by atoms with Crippen LogP contribution in [0.5, 0.6) is 23.0 Å². The number of hydrogen-bond donors (Lipinski definition) is 0. The van der Waals surface area contributed by atoms with Crippen LogP contribution in [0.25, 0.3) is 0 Å². The second-order valence-corrected chi connectivity index (χ2v) is 10.2. The highest BCUT2D eigenvalue weighted by Crippen LogP contribution is 2.44. The molecule has 0 saturated carbocycles. The molecule has 6 rings (SSSR count). The number of esters is 1. The Morgan fingerprint density at radius 3 is 2.64 bits per heavy atom. The lowest BCUT2D eigenvalue weighted by Crippen LogP contribution is -2.35.